The fourth-order valence-corrected chi connectivity index (χ4v) is 4.19. The molecule has 2 amide bonds. The molecule has 0 aliphatic carbocycles. The number of carbonyl (C=O) groups excluding carboxylic acids is 2. The van der Waals surface area contributed by atoms with Crippen molar-refractivity contribution in [2.45, 2.75) is 38.9 Å². The van der Waals surface area contributed by atoms with Crippen LogP contribution in [-0.2, 0) is 4.43 Å². The van der Waals surface area contributed by atoms with Crippen LogP contribution in [-0.4, -0.2) is 47.8 Å². The van der Waals surface area contributed by atoms with E-state index in [1.54, 1.807) is 12.1 Å². The first-order chi connectivity index (χ1) is 16.4. The van der Waals surface area contributed by atoms with E-state index in [0.29, 0.717) is 23.9 Å². The predicted octanol–water partition coefficient (Wildman–Crippen LogP) is 4.71. The first-order valence-electron chi connectivity index (χ1n) is 11.2. The van der Waals surface area contributed by atoms with Gasteiger partial charge in [0.05, 0.1) is 11.6 Å². The Morgan fingerprint density at radius 3 is 2.37 bits per heavy atom. The first-order valence-corrected chi connectivity index (χ1v) is 14.5. The van der Waals surface area contributed by atoms with Gasteiger partial charge in [0.25, 0.3) is 11.8 Å². The maximum Gasteiger partial charge on any atom is 0.277 e. The first kappa shape index (κ1) is 26.4. The maximum absolute atomic E-state index is 12.7. The molecule has 186 valence electrons. The van der Waals surface area contributed by atoms with Crippen molar-refractivity contribution in [1.29, 1.82) is 0 Å². The van der Waals surface area contributed by atoms with E-state index in [2.05, 4.69) is 54.5 Å². The number of carbonyl (C=O) groups is 2. The Hall–Kier alpha value is -3.21. The molecule has 3 aromatic rings. The summed E-state index contributed by atoms with van der Waals surface area (Å²) in [7, 11) is -1.78. The smallest absolute Gasteiger partial charge is 0.277 e. The summed E-state index contributed by atoms with van der Waals surface area (Å²) < 4.78 is 7.67. The number of aromatic nitrogens is 3. The molecule has 0 aliphatic rings. The van der Waals surface area contributed by atoms with Crippen LogP contribution in [0.15, 0.2) is 48.9 Å². The Bertz CT molecular complexity index is 1190. The highest BCUT2D eigenvalue weighted by Gasteiger charge is 2.36. The van der Waals surface area contributed by atoms with E-state index in [0.717, 1.165) is 5.69 Å². The molecule has 0 unspecified atom stereocenters. The molecule has 3 rings (SSSR count). The number of halogens is 1. The molecule has 0 spiro atoms. The van der Waals surface area contributed by atoms with Crippen LogP contribution in [0.3, 0.4) is 0 Å². The lowest BCUT2D eigenvalue weighted by Crippen LogP contribution is -2.41. The molecule has 0 saturated carbocycles. The molecule has 0 fully saturated rings. The number of nitrogens with two attached hydrogens (primary N) is 1. The minimum atomic E-state index is -1.78. The third kappa shape index (κ3) is 6.47. The molecule has 1 aromatic carbocycles. The van der Waals surface area contributed by atoms with E-state index in [4.69, 9.17) is 21.8 Å². The van der Waals surface area contributed by atoms with Gasteiger partial charge in [-0.1, -0.05) is 32.4 Å². The summed E-state index contributed by atoms with van der Waals surface area (Å²) >= 11 is 5.82. The molecular weight excluding hydrogens is 484 g/mol. The highest BCUT2D eigenvalue weighted by Crippen LogP contribution is 2.36. The van der Waals surface area contributed by atoms with Gasteiger partial charge in [0, 0.05) is 24.1 Å². The van der Waals surface area contributed by atoms with Crippen LogP contribution < -0.4 is 16.4 Å². The molecule has 0 atom stereocenters. The minimum Gasteiger partial charge on any atom is -0.415 e. The summed E-state index contributed by atoms with van der Waals surface area (Å²) in [6.07, 6.45) is 2.79. The Balaban J connectivity index is 1.69. The molecule has 0 radical (unpaired) electrons. The number of hydrogen-bond acceptors (Lipinski definition) is 6. The van der Waals surface area contributed by atoms with E-state index in [-0.39, 0.29) is 22.2 Å². The van der Waals surface area contributed by atoms with Gasteiger partial charge >= 0.3 is 0 Å². The largest absolute Gasteiger partial charge is 0.415 e. The average Bonchev–Trinajstić information content (AvgIpc) is 3.24. The summed E-state index contributed by atoms with van der Waals surface area (Å²) in [4.78, 5) is 33.1. The number of amides is 2. The Morgan fingerprint density at radius 1 is 1.11 bits per heavy atom. The Morgan fingerprint density at radius 2 is 1.80 bits per heavy atom. The zero-order chi connectivity index (χ0) is 25.8. The fourth-order valence-electron chi connectivity index (χ4n) is 3.03. The average molecular weight is 515 g/mol. The number of pyridine rings is 1. The van der Waals surface area contributed by atoms with Gasteiger partial charge in [-0.2, -0.15) is 0 Å². The molecule has 2 heterocycles. The van der Waals surface area contributed by atoms with Crippen molar-refractivity contribution >= 4 is 43.2 Å². The van der Waals surface area contributed by atoms with Gasteiger partial charge in [-0.25, -0.2) is 9.97 Å². The molecule has 2 aromatic heterocycles. The van der Waals surface area contributed by atoms with Crippen LogP contribution in [0.5, 0.6) is 0 Å². The van der Waals surface area contributed by atoms with E-state index >= 15 is 0 Å². The molecule has 0 aliphatic heterocycles. The SMILES string of the molecule is CC(C)(C)[Si](C)(C)OCCNc1ccc(-n2cnc(C(=O)Nc3ccc(Cl)cn3)c2C(N)=O)cc1. The highest BCUT2D eigenvalue weighted by atomic mass is 35.5. The fraction of sp³-hybridized carbons (Fsp3) is 0.333. The standard InChI is InChI=1S/C24H31ClN6O3Si/c1-24(2,3)35(4,5)34-13-12-27-17-7-9-18(10-8-17)31-15-29-20(21(31)22(26)32)23(33)30-19-11-6-16(25)14-28-19/h6-11,14-15,27H,12-13H2,1-5H3,(H2,26,32)(H,28,30,33). The number of hydrogen-bond donors (Lipinski definition) is 3. The van der Waals surface area contributed by atoms with Crippen molar-refractivity contribution in [3.63, 3.8) is 0 Å². The lowest BCUT2D eigenvalue weighted by molar-refractivity contribution is 0.0970. The topological polar surface area (TPSA) is 124 Å². The van der Waals surface area contributed by atoms with Gasteiger partial charge in [-0.3, -0.25) is 14.2 Å². The third-order valence-electron chi connectivity index (χ3n) is 6.03. The van der Waals surface area contributed by atoms with Crippen molar-refractivity contribution in [3.05, 3.63) is 65.3 Å². The third-order valence-corrected chi connectivity index (χ3v) is 10.8. The van der Waals surface area contributed by atoms with Crippen molar-refractivity contribution < 1.29 is 14.0 Å². The second kappa shape index (κ2) is 10.6. The van der Waals surface area contributed by atoms with Crippen LogP contribution in [0.1, 0.15) is 41.7 Å². The summed E-state index contributed by atoms with van der Waals surface area (Å²) in [5, 5.41) is 6.53. The molecular formula is C24H31ClN6O3Si. The second-order valence-electron chi connectivity index (χ2n) is 9.57. The number of nitrogens with one attached hydrogen (secondary N) is 2. The molecule has 0 bridgehead atoms. The van der Waals surface area contributed by atoms with E-state index in [1.807, 2.05) is 24.3 Å². The number of anilines is 2. The van der Waals surface area contributed by atoms with Gasteiger partial charge in [0.1, 0.15) is 17.8 Å². The van der Waals surface area contributed by atoms with Crippen molar-refractivity contribution in [2.75, 3.05) is 23.8 Å². The van der Waals surface area contributed by atoms with Gasteiger partial charge < -0.3 is 20.8 Å². The second-order valence-corrected chi connectivity index (χ2v) is 14.8. The minimum absolute atomic E-state index is 0.0278. The quantitative estimate of drug-likeness (QED) is 0.280. The zero-order valence-corrected chi connectivity index (χ0v) is 22.3. The summed E-state index contributed by atoms with van der Waals surface area (Å²) in [5.41, 5.74) is 7.00. The maximum atomic E-state index is 12.7. The van der Waals surface area contributed by atoms with Gasteiger partial charge in [-0.15, -0.1) is 0 Å². The van der Waals surface area contributed by atoms with E-state index in [1.165, 1.54) is 17.1 Å². The lowest BCUT2D eigenvalue weighted by Gasteiger charge is -2.36. The van der Waals surface area contributed by atoms with Crippen LogP contribution in [0.4, 0.5) is 11.5 Å². The number of nitrogens with zero attached hydrogens (tertiary/aromatic N) is 3. The molecule has 35 heavy (non-hydrogen) atoms. The number of imidazole rings is 1. The van der Waals surface area contributed by atoms with Crippen LogP contribution >= 0.6 is 11.6 Å². The molecule has 4 N–H and O–H groups in total. The number of rotatable bonds is 9. The van der Waals surface area contributed by atoms with Gasteiger partial charge in [-0.05, 0) is 54.5 Å². The number of primary amides is 1. The van der Waals surface area contributed by atoms with Crippen molar-refractivity contribution in [3.8, 4) is 5.69 Å². The predicted molar refractivity (Wildman–Crippen MR) is 141 cm³/mol. The number of benzene rings is 1. The monoisotopic (exact) mass is 514 g/mol. The van der Waals surface area contributed by atoms with Crippen molar-refractivity contribution in [1.82, 2.24) is 14.5 Å². The van der Waals surface area contributed by atoms with E-state index < -0.39 is 20.1 Å². The molecule has 11 heteroatoms. The van der Waals surface area contributed by atoms with Crippen molar-refractivity contribution in [2.24, 2.45) is 5.73 Å². The lowest BCUT2D eigenvalue weighted by atomic mass is 10.2. The van der Waals surface area contributed by atoms with Crippen LogP contribution in [0, 0.1) is 0 Å². The summed E-state index contributed by atoms with van der Waals surface area (Å²) in [5.74, 6) is -1.11. The van der Waals surface area contributed by atoms with Gasteiger partial charge in [0.15, 0.2) is 14.0 Å². The molecule has 0 saturated heterocycles. The summed E-state index contributed by atoms with van der Waals surface area (Å²) in [6, 6.07) is 10.5. The normalized spacial score (nSPS) is 11.8. The zero-order valence-electron chi connectivity index (χ0n) is 20.6. The van der Waals surface area contributed by atoms with Crippen LogP contribution in [0.2, 0.25) is 23.2 Å². The van der Waals surface area contributed by atoms with E-state index in [9.17, 15) is 9.59 Å². The van der Waals surface area contributed by atoms with Gasteiger partial charge in [0.2, 0.25) is 0 Å². The summed E-state index contributed by atoms with van der Waals surface area (Å²) in [6.45, 7) is 12.4. The Labute approximate surface area is 211 Å². The van der Waals surface area contributed by atoms with Crippen LogP contribution in [0.25, 0.3) is 5.69 Å². The highest BCUT2D eigenvalue weighted by molar-refractivity contribution is 6.74. The Kier molecular flexibility index (Phi) is 7.99. The molecule has 9 nitrogen and oxygen atoms in total.